The number of nitrogens with one attached hydrogen (secondary N) is 2. The Labute approximate surface area is 140 Å². The highest BCUT2D eigenvalue weighted by Crippen LogP contribution is 2.27. The normalized spacial score (nSPS) is 10.7. The molecular formula is C16H14BrN3OS. The summed E-state index contributed by atoms with van der Waals surface area (Å²) in [5, 5.41) is 6.18. The number of benzene rings is 2. The van der Waals surface area contributed by atoms with Crippen LogP contribution in [0.1, 0.15) is 11.1 Å². The number of urea groups is 1. The minimum absolute atomic E-state index is 0.298. The number of amides is 2. The Morgan fingerprint density at radius 2 is 1.91 bits per heavy atom. The smallest absolute Gasteiger partial charge is 0.308 e. The van der Waals surface area contributed by atoms with E-state index in [1.165, 1.54) is 16.9 Å². The van der Waals surface area contributed by atoms with Gasteiger partial charge in [0.2, 0.25) is 0 Å². The molecule has 4 nitrogen and oxygen atoms in total. The van der Waals surface area contributed by atoms with E-state index < -0.39 is 0 Å². The largest absolute Gasteiger partial charge is 0.325 e. The first-order chi connectivity index (χ1) is 10.5. The van der Waals surface area contributed by atoms with Crippen LogP contribution in [0.3, 0.4) is 0 Å². The van der Waals surface area contributed by atoms with E-state index >= 15 is 0 Å². The minimum Gasteiger partial charge on any atom is -0.308 e. The van der Waals surface area contributed by atoms with E-state index in [-0.39, 0.29) is 6.03 Å². The fraction of sp³-hybridized carbons (Fsp3) is 0.125. The first kappa shape index (κ1) is 15.0. The van der Waals surface area contributed by atoms with Crippen molar-refractivity contribution in [2.45, 2.75) is 13.8 Å². The molecule has 1 heterocycles. The molecule has 22 heavy (non-hydrogen) atoms. The molecule has 0 saturated heterocycles. The van der Waals surface area contributed by atoms with Gasteiger partial charge >= 0.3 is 6.03 Å². The van der Waals surface area contributed by atoms with Crippen LogP contribution in [0.2, 0.25) is 0 Å². The van der Waals surface area contributed by atoms with Gasteiger partial charge in [0.05, 0.1) is 10.2 Å². The van der Waals surface area contributed by atoms with Gasteiger partial charge in [-0.2, -0.15) is 0 Å². The Bertz CT molecular complexity index is 839. The number of fused-ring (bicyclic) bond motifs is 1. The maximum absolute atomic E-state index is 12.1. The number of carbonyl (C=O) groups is 1. The van der Waals surface area contributed by atoms with Gasteiger partial charge in [-0.3, -0.25) is 5.32 Å². The lowest BCUT2D eigenvalue weighted by atomic mass is 10.2. The predicted octanol–water partition coefficient (Wildman–Crippen LogP) is 5.32. The summed E-state index contributed by atoms with van der Waals surface area (Å²) < 4.78 is 1.99. The van der Waals surface area contributed by atoms with Crippen molar-refractivity contribution in [3.05, 3.63) is 52.0 Å². The second-order valence-electron chi connectivity index (χ2n) is 5.09. The minimum atomic E-state index is -0.298. The van der Waals surface area contributed by atoms with Crippen LogP contribution in [0.25, 0.3) is 10.2 Å². The zero-order valence-electron chi connectivity index (χ0n) is 12.1. The summed E-state index contributed by atoms with van der Waals surface area (Å²) in [5.74, 6) is 0. The molecule has 0 saturated carbocycles. The molecular weight excluding hydrogens is 362 g/mol. The number of halogens is 1. The number of anilines is 2. The number of aromatic nitrogens is 1. The van der Waals surface area contributed by atoms with Gasteiger partial charge in [0.15, 0.2) is 5.13 Å². The van der Waals surface area contributed by atoms with Crippen molar-refractivity contribution in [3.8, 4) is 0 Å². The van der Waals surface area contributed by atoms with Crippen LogP contribution in [0.4, 0.5) is 15.6 Å². The monoisotopic (exact) mass is 375 g/mol. The lowest BCUT2D eigenvalue weighted by Crippen LogP contribution is -2.19. The summed E-state index contributed by atoms with van der Waals surface area (Å²) in [6.07, 6.45) is 0. The number of carbonyl (C=O) groups excluding carboxylic acids is 1. The molecule has 3 rings (SSSR count). The van der Waals surface area contributed by atoms with Crippen molar-refractivity contribution in [3.63, 3.8) is 0 Å². The van der Waals surface area contributed by atoms with Crippen molar-refractivity contribution in [1.82, 2.24) is 4.98 Å². The van der Waals surface area contributed by atoms with Crippen LogP contribution in [-0.2, 0) is 0 Å². The Hall–Kier alpha value is -1.92. The van der Waals surface area contributed by atoms with Crippen LogP contribution in [0.15, 0.2) is 40.9 Å². The average Bonchev–Trinajstić information content (AvgIpc) is 2.78. The van der Waals surface area contributed by atoms with Crippen LogP contribution < -0.4 is 10.6 Å². The quantitative estimate of drug-likeness (QED) is 0.636. The highest BCUT2D eigenvalue weighted by molar-refractivity contribution is 9.10. The average molecular weight is 376 g/mol. The van der Waals surface area contributed by atoms with Gasteiger partial charge in [-0.15, -0.1) is 0 Å². The Morgan fingerprint density at radius 1 is 1.09 bits per heavy atom. The third-order valence-electron chi connectivity index (χ3n) is 3.06. The molecule has 0 bridgehead atoms. The molecule has 6 heteroatoms. The molecule has 0 fully saturated rings. The number of rotatable bonds is 2. The van der Waals surface area contributed by atoms with Crippen molar-refractivity contribution in [2.24, 2.45) is 0 Å². The SMILES string of the molecule is Cc1cc(Br)cc(NC(=O)Nc2nc3ccc(C)cc3s2)c1. The molecule has 0 radical (unpaired) electrons. The van der Waals surface area contributed by atoms with E-state index in [1.807, 2.05) is 44.2 Å². The lowest BCUT2D eigenvalue weighted by Gasteiger charge is -2.06. The van der Waals surface area contributed by atoms with Crippen molar-refractivity contribution in [1.29, 1.82) is 0 Å². The first-order valence-electron chi connectivity index (χ1n) is 6.72. The molecule has 0 aliphatic rings. The maximum Gasteiger partial charge on any atom is 0.325 e. The van der Waals surface area contributed by atoms with Gasteiger partial charge < -0.3 is 5.32 Å². The fourth-order valence-corrected chi connectivity index (χ4v) is 3.72. The zero-order chi connectivity index (χ0) is 15.7. The maximum atomic E-state index is 12.1. The van der Waals surface area contributed by atoms with Crippen LogP contribution >= 0.6 is 27.3 Å². The van der Waals surface area contributed by atoms with E-state index in [1.54, 1.807) is 0 Å². The predicted molar refractivity (Wildman–Crippen MR) is 95.9 cm³/mol. The van der Waals surface area contributed by atoms with E-state index in [9.17, 15) is 4.79 Å². The van der Waals surface area contributed by atoms with Crippen LogP contribution in [0.5, 0.6) is 0 Å². The highest BCUT2D eigenvalue weighted by atomic mass is 79.9. The second-order valence-corrected chi connectivity index (χ2v) is 7.03. The molecule has 0 aliphatic carbocycles. The Morgan fingerprint density at radius 3 is 2.68 bits per heavy atom. The van der Waals surface area contributed by atoms with Gasteiger partial charge in [0.1, 0.15) is 0 Å². The molecule has 0 unspecified atom stereocenters. The van der Waals surface area contributed by atoms with Crippen molar-refractivity contribution < 1.29 is 4.79 Å². The molecule has 1 aromatic heterocycles. The molecule has 112 valence electrons. The van der Waals surface area contributed by atoms with Gasteiger partial charge in [-0.1, -0.05) is 33.3 Å². The van der Waals surface area contributed by atoms with Gasteiger partial charge in [-0.25, -0.2) is 9.78 Å². The number of aryl methyl sites for hydroxylation is 2. The molecule has 2 N–H and O–H groups in total. The second kappa shape index (κ2) is 6.06. The molecule has 3 aromatic rings. The third-order valence-corrected chi connectivity index (χ3v) is 4.46. The van der Waals surface area contributed by atoms with Crippen LogP contribution in [0, 0.1) is 13.8 Å². The van der Waals surface area contributed by atoms with E-state index in [0.29, 0.717) is 5.13 Å². The lowest BCUT2D eigenvalue weighted by molar-refractivity contribution is 0.262. The summed E-state index contributed by atoms with van der Waals surface area (Å²) >= 11 is 4.88. The molecule has 2 aromatic carbocycles. The van der Waals surface area contributed by atoms with E-state index in [0.717, 1.165) is 25.9 Å². The standard InChI is InChI=1S/C16H14BrN3OS/c1-9-3-4-13-14(7-9)22-16(19-13)20-15(21)18-12-6-10(2)5-11(17)8-12/h3-8H,1-2H3,(H2,18,19,20,21). The third kappa shape index (κ3) is 3.45. The number of hydrogen-bond donors (Lipinski definition) is 2. The first-order valence-corrected chi connectivity index (χ1v) is 8.33. The molecule has 0 atom stereocenters. The topological polar surface area (TPSA) is 54.0 Å². The Balaban J connectivity index is 1.75. The molecule has 0 aliphatic heterocycles. The van der Waals surface area contributed by atoms with E-state index in [2.05, 4.69) is 37.6 Å². The van der Waals surface area contributed by atoms with Gasteiger partial charge in [0, 0.05) is 10.2 Å². The molecule has 0 spiro atoms. The summed E-state index contributed by atoms with van der Waals surface area (Å²) in [7, 11) is 0. The summed E-state index contributed by atoms with van der Waals surface area (Å²) in [5.41, 5.74) is 3.88. The van der Waals surface area contributed by atoms with Crippen molar-refractivity contribution in [2.75, 3.05) is 10.6 Å². The number of hydrogen-bond acceptors (Lipinski definition) is 3. The van der Waals surface area contributed by atoms with Gasteiger partial charge in [0.25, 0.3) is 0 Å². The highest BCUT2D eigenvalue weighted by Gasteiger charge is 2.08. The summed E-state index contributed by atoms with van der Waals surface area (Å²) in [4.78, 5) is 16.5. The van der Waals surface area contributed by atoms with Crippen molar-refractivity contribution >= 4 is 54.3 Å². The zero-order valence-corrected chi connectivity index (χ0v) is 14.5. The Kier molecular flexibility index (Phi) is 4.13. The van der Waals surface area contributed by atoms with E-state index in [4.69, 9.17) is 0 Å². The van der Waals surface area contributed by atoms with Crippen LogP contribution in [-0.4, -0.2) is 11.0 Å². The number of thiazole rings is 1. The van der Waals surface area contributed by atoms with Gasteiger partial charge in [-0.05, 0) is 55.3 Å². The molecule has 2 amide bonds. The summed E-state index contributed by atoms with van der Waals surface area (Å²) in [6.45, 7) is 4.01. The summed E-state index contributed by atoms with van der Waals surface area (Å²) in [6, 6.07) is 11.5. The number of nitrogens with zero attached hydrogens (tertiary/aromatic N) is 1. The fourth-order valence-electron chi connectivity index (χ4n) is 2.15.